The van der Waals surface area contributed by atoms with Crippen molar-refractivity contribution in [2.45, 2.75) is 65.6 Å². The van der Waals surface area contributed by atoms with E-state index in [4.69, 9.17) is 4.43 Å². The molecule has 0 unspecified atom stereocenters. The van der Waals surface area contributed by atoms with Gasteiger partial charge in [0.25, 0.3) is 8.32 Å². The van der Waals surface area contributed by atoms with Crippen molar-refractivity contribution < 1.29 is 4.43 Å². The zero-order chi connectivity index (χ0) is 20.6. The van der Waals surface area contributed by atoms with Gasteiger partial charge in [0.1, 0.15) is 0 Å². The molecule has 0 aliphatic heterocycles. The van der Waals surface area contributed by atoms with Gasteiger partial charge < -0.3 is 4.43 Å². The van der Waals surface area contributed by atoms with E-state index in [-0.39, 0.29) is 5.04 Å². The van der Waals surface area contributed by atoms with Crippen LogP contribution in [0.3, 0.4) is 0 Å². The number of hydrogen-bond donors (Lipinski definition) is 0. The van der Waals surface area contributed by atoms with Crippen LogP contribution in [-0.2, 0) is 4.43 Å². The molecule has 2 aromatic rings. The van der Waals surface area contributed by atoms with Crippen LogP contribution in [0.2, 0.25) is 17.7 Å². The van der Waals surface area contributed by atoms with Gasteiger partial charge in [-0.15, -0.1) is 5.47 Å². The summed E-state index contributed by atoms with van der Waals surface area (Å²) in [6.45, 7) is 15.2. The summed E-state index contributed by atoms with van der Waals surface area (Å²) in [5, 5.41) is 2.73. The molecule has 0 heterocycles. The quantitative estimate of drug-likeness (QED) is 0.478. The maximum Gasteiger partial charge on any atom is 0.261 e. The van der Waals surface area contributed by atoms with Gasteiger partial charge in [-0.2, -0.15) is 0 Å². The van der Waals surface area contributed by atoms with Crippen molar-refractivity contribution in [2.24, 2.45) is 0 Å². The average Bonchev–Trinajstić information content (AvgIpc) is 2.71. The molecular formula is C25H37BOSi. The third-order valence-corrected chi connectivity index (χ3v) is 11.0. The van der Waals surface area contributed by atoms with E-state index in [0.29, 0.717) is 13.3 Å². The van der Waals surface area contributed by atoms with E-state index in [1.165, 1.54) is 23.0 Å². The molecule has 150 valence electrons. The summed E-state index contributed by atoms with van der Waals surface area (Å²) < 4.78 is 7.00. The fourth-order valence-corrected chi connectivity index (χ4v) is 8.94. The number of rotatable bonds is 9. The Morgan fingerprint density at radius 1 is 0.857 bits per heavy atom. The zero-order valence-corrected chi connectivity index (χ0v) is 19.7. The summed E-state index contributed by atoms with van der Waals surface area (Å²) in [4.78, 5) is 0. The SMILES string of the molecule is CCB(CC)/C(=C\CO[Si](c1ccccc1)(c1ccccc1)C(C)(C)C)CC. The highest BCUT2D eigenvalue weighted by Crippen LogP contribution is 2.36. The molecule has 0 fully saturated rings. The normalized spacial score (nSPS) is 12.9. The Balaban J connectivity index is 2.50. The minimum atomic E-state index is -2.43. The van der Waals surface area contributed by atoms with Crippen LogP contribution in [0.25, 0.3) is 0 Å². The van der Waals surface area contributed by atoms with Crippen LogP contribution in [-0.4, -0.2) is 21.6 Å². The van der Waals surface area contributed by atoms with Crippen LogP contribution in [0.5, 0.6) is 0 Å². The van der Waals surface area contributed by atoms with Gasteiger partial charge in [-0.25, -0.2) is 0 Å². The highest BCUT2D eigenvalue weighted by atomic mass is 28.4. The fourth-order valence-electron chi connectivity index (χ4n) is 4.45. The van der Waals surface area contributed by atoms with Crippen LogP contribution >= 0.6 is 0 Å². The van der Waals surface area contributed by atoms with Gasteiger partial charge in [0.05, 0.1) is 6.61 Å². The monoisotopic (exact) mass is 392 g/mol. The Hall–Kier alpha value is -1.58. The van der Waals surface area contributed by atoms with Crippen molar-refractivity contribution >= 4 is 25.4 Å². The van der Waals surface area contributed by atoms with E-state index in [1.807, 2.05) is 0 Å². The first kappa shape index (κ1) is 22.7. The lowest BCUT2D eigenvalue weighted by Crippen LogP contribution is -2.66. The van der Waals surface area contributed by atoms with Crippen molar-refractivity contribution in [3.8, 4) is 0 Å². The van der Waals surface area contributed by atoms with E-state index in [0.717, 1.165) is 6.42 Å². The summed E-state index contributed by atoms with van der Waals surface area (Å²) in [5.74, 6) is 0. The lowest BCUT2D eigenvalue weighted by Gasteiger charge is -2.43. The van der Waals surface area contributed by atoms with Gasteiger partial charge in [-0.1, -0.05) is 121 Å². The molecule has 0 saturated heterocycles. The lowest BCUT2D eigenvalue weighted by atomic mass is 9.40. The summed E-state index contributed by atoms with van der Waals surface area (Å²) in [6, 6.07) is 21.8. The molecule has 3 heteroatoms. The molecule has 1 nitrogen and oxygen atoms in total. The Labute approximate surface area is 174 Å². The van der Waals surface area contributed by atoms with Gasteiger partial charge in [-0.05, 0) is 21.8 Å². The number of hydrogen-bond acceptors (Lipinski definition) is 1. The largest absolute Gasteiger partial charge is 0.404 e. The molecule has 28 heavy (non-hydrogen) atoms. The molecule has 0 N–H and O–H groups in total. The van der Waals surface area contributed by atoms with Crippen molar-refractivity contribution in [3.63, 3.8) is 0 Å². The van der Waals surface area contributed by atoms with Gasteiger partial charge >= 0.3 is 0 Å². The minimum absolute atomic E-state index is 0.0326. The lowest BCUT2D eigenvalue weighted by molar-refractivity contribution is 0.338. The predicted octanol–water partition coefficient (Wildman–Crippen LogP) is 5.97. The van der Waals surface area contributed by atoms with Crippen molar-refractivity contribution in [1.29, 1.82) is 0 Å². The topological polar surface area (TPSA) is 9.23 Å². The van der Waals surface area contributed by atoms with E-state index < -0.39 is 8.32 Å². The maximum absolute atomic E-state index is 7.00. The molecule has 0 bridgehead atoms. The van der Waals surface area contributed by atoms with Crippen LogP contribution in [0.1, 0.15) is 48.0 Å². The first-order valence-electron chi connectivity index (χ1n) is 10.8. The molecule has 0 atom stereocenters. The average molecular weight is 392 g/mol. The second-order valence-corrected chi connectivity index (χ2v) is 12.9. The van der Waals surface area contributed by atoms with Crippen LogP contribution < -0.4 is 10.4 Å². The fraction of sp³-hybridized carbons (Fsp3) is 0.440. The summed E-state index contributed by atoms with van der Waals surface area (Å²) in [5.41, 5.74) is 1.54. The first-order valence-corrected chi connectivity index (χ1v) is 12.7. The van der Waals surface area contributed by atoms with Gasteiger partial charge in [-0.3, -0.25) is 0 Å². The standard InChI is InChI=1S/C25H37BOSi/c1-7-22(26(8-2)9-3)20-21-27-28(25(4,5)6,23-16-12-10-13-17-23)24-18-14-11-15-19-24/h10-20H,7-9,21H2,1-6H3/b22-20-. The third kappa shape index (κ3) is 4.88. The second-order valence-electron chi connectivity index (χ2n) is 8.62. The number of allylic oxidation sites excluding steroid dienone is 1. The Morgan fingerprint density at radius 3 is 1.68 bits per heavy atom. The molecule has 0 aliphatic carbocycles. The van der Waals surface area contributed by atoms with Crippen LogP contribution in [0.15, 0.2) is 72.2 Å². The highest BCUT2D eigenvalue weighted by Gasteiger charge is 2.49. The molecule has 0 saturated carbocycles. The second kappa shape index (κ2) is 10.3. The Morgan fingerprint density at radius 2 is 1.32 bits per heavy atom. The van der Waals surface area contributed by atoms with E-state index in [9.17, 15) is 0 Å². The molecule has 2 rings (SSSR count). The Kier molecular flexibility index (Phi) is 8.33. The van der Waals surface area contributed by atoms with Crippen LogP contribution in [0, 0.1) is 0 Å². The molecule has 0 aliphatic rings. The van der Waals surface area contributed by atoms with Gasteiger partial charge in [0.2, 0.25) is 0 Å². The smallest absolute Gasteiger partial charge is 0.261 e. The van der Waals surface area contributed by atoms with Crippen molar-refractivity contribution in [1.82, 2.24) is 0 Å². The Bertz CT molecular complexity index is 691. The molecule has 0 spiro atoms. The van der Waals surface area contributed by atoms with Crippen molar-refractivity contribution in [2.75, 3.05) is 6.61 Å². The maximum atomic E-state index is 7.00. The zero-order valence-electron chi connectivity index (χ0n) is 18.7. The van der Waals surface area contributed by atoms with Gasteiger partial charge in [0, 0.05) is 0 Å². The van der Waals surface area contributed by atoms with E-state index in [1.54, 1.807) is 5.47 Å². The molecular weight excluding hydrogens is 355 g/mol. The van der Waals surface area contributed by atoms with E-state index >= 15 is 0 Å². The van der Waals surface area contributed by atoms with Crippen LogP contribution in [0.4, 0.5) is 0 Å². The number of benzene rings is 2. The van der Waals surface area contributed by atoms with Crippen molar-refractivity contribution in [3.05, 3.63) is 72.2 Å². The van der Waals surface area contributed by atoms with Gasteiger partial charge in [0.15, 0.2) is 6.71 Å². The molecule has 0 aromatic heterocycles. The predicted molar refractivity (Wildman–Crippen MR) is 129 cm³/mol. The molecule has 2 aromatic carbocycles. The molecule has 0 amide bonds. The van der Waals surface area contributed by atoms with E-state index in [2.05, 4.69) is 108 Å². The first-order chi connectivity index (χ1) is 13.4. The third-order valence-electron chi connectivity index (χ3n) is 5.98. The summed E-state index contributed by atoms with van der Waals surface area (Å²) in [7, 11) is -2.43. The highest BCUT2D eigenvalue weighted by molar-refractivity contribution is 6.99. The minimum Gasteiger partial charge on any atom is -0.404 e. The molecule has 0 radical (unpaired) electrons. The summed E-state index contributed by atoms with van der Waals surface area (Å²) in [6.07, 6.45) is 5.89. The summed E-state index contributed by atoms with van der Waals surface area (Å²) >= 11 is 0.